The summed E-state index contributed by atoms with van der Waals surface area (Å²) >= 11 is 0.846. The summed E-state index contributed by atoms with van der Waals surface area (Å²) in [7, 11) is 0. The molecule has 0 spiro atoms. The maximum Gasteiger partial charge on any atom is 0.377 e. The van der Waals surface area contributed by atoms with Crippen molar-refractivity contribution in [2.75, 3.05) is 0 Å². The number of thiazole rings is 1. The molecule has 10 heavy (non-hydrogen) atoms. The van der Waals surface area contributed by atoms with Crippen LogP contribution in [0, 0.1) is 15.0 Å². The van der Waals surface area contributed by atoms with Crippen LogP contribution in [0.2, 0.25) is 0 Å². The Balaban J connectivity index is 2.98. The minimum absolute atomic E-state index is 0.119. The molecule has 0 aromatic carbocycles. The second-order valence-electron chi connectivity index (χ2n) is 1.34. The van der Waals surface area contributed by atoms with Gasteiger partial charge in [0.25, 0.3) is 0 Å². The first-order valence-electron chi connectivity index (χ1n) is 2.17. The average Bonchev–Trinajstić information content (AvgIpc) is 2.34. The molecule has 1 rings (SSSR count). The first-order chi connectivity index (χ1) is 4.74. The highest BCUT2D eigenvalue weighted by molar-refractivity contribution is 7.13. The molecule has 0 saturated carbocycles. The van der Waals surface area contributed by atoms with Crippen LogP contribution in [0.5, 0.6) is 0 Å². The van der Waals surface area contributed by atoms with Gasteiger partial charge in [0, 0.05) is 5.18 Å². The van der Waals surface area contributed by atoms with Crippen molar-refractivity contribution >= 4 is 22.3 Å². The SMILES string of the molecule is O=Nc1nc([N+](=O)[O-])cs1. The molecule has 1 aromatic rings. The van der Waals surface area contributed by atoms with Crippen LogP contribution in [0.3, 0.4) is 0 Å². The standard InChI is InChI=1S/C3HN3O3S/c7-5-3-4-2(1-10-3)6(8)9/h1H. The van der Waals surface area contributed by atoms with Gasteiger partial charge >= 0.3 is 10.9 Å². The van der Waals surface area contributed by atoms with Gasteiger partial charge in [-0.25, -0.2) is 0 Å². The van der Waals surface area contributed by atoms with Gasteiger partial charge < -0.3 is 10.1 Å². The van der Waals surface area contributed by atoms with Gasteiger partial charge in [-0.2, -0.15) is 0 Å². The Kier molecular flexibility index (Phi) is 1.67. The van der Waals surface area contributed by atoms with E-state index in [9.17, 15) is 15.0 Å². The van der Waals surface area contributed by atoms with Crippen LogP contribution in [-0.2, 0) is 0 Å². The predicted octanol–water partition coefficient (Wildman–Crippen LogP) is 1.45. The lowest BCUT2D eigenvalue weighted by atomic mass is 10.8. The van der Waals surface area contributed by atoms with E-state index in [4.69, 9.17) is 0 Å². The van der Waals surface area contributed by atoms with Gasteiger partial charge in [0.2, 0.25) is 0 Å². The third-order valence-corrected chi connectivity index (χ3v) is 1.45. The summed E-state index contributed by atoms with van der Waals surface area (Å²) in [6.07, 6.45) is 0. The number of hydrogen-bond donors (Lipinski definition) is 0. The molecule has 0 aliphatic carbocycles. The summed E-state index contributed by atoms with van der Waals surface area (Å²) in [4.78, 5) is 22.2. The van der Waals surface area contributed by atoms with Gasteiger partial charge in [-0.1, -0.05) is 11.3 Å². The summed E-state index contributed by atoms with van der Waals surface area (Å²) in [5.74, 6) is -0.334. The van der Waals surface area contributed by atoms with E-state index in [1.807, 2.05) is 0 Å². The van der Waals surface area contributed by atoms with Crippen molar-refractivity contribution in [2.45, 2.75) is 0 Å². The largest absolute Gasteiger partial charge is 0.377 e. The minimum atomic E-state index is -0.675. The lowest BCUT2D eigenvalue weighted by Crippen LogP contribution is -1.85. The summed E-state index contributed by atoms with van der Waals surface area (Å²) in [5.41, 5.74) is 0. The monoisotopic (exact) mass is 159 g/mol. The second kappa shape index (κ2) is 2.48. The van der Waals surface area contributed by atoms with Crippen LogP contribution in [0.1, 0.15) is 0 Å². The quantitative estimate of drug-likeness (QED) is 0.371. The molecule has 6 nitrogen and oxygen atoms in total. The molecule has 0 aliphatic heterocycles. The molecule has 0 N–H and O–H groups in total. The topological polar surface area (TPSA) is 85.5 Å². The van der Waals surface area contributed by atoms with E-state index < -0.39 is 4.92 Å². The number of rotatable bonds is 2. The molecule has 0 radical (unpaired) electrons. The van der Waals surface area contributed by atoms with Gasteiger partial charge in [0.1, 0.15) is 0 Å². The Hall–Kier alpha value is -1.37. The maximum atomic E-state index is 9.94. The van der Waals surface area contributed by atoms with Crippen LogP contribution in [0.15, 0.2) is 10.6 Å². The van der Waals surface area contributed by atoms with Gasteiger partial charge in [-0.3, -0.25) is 0 Å². The van der Waals surface area contributed by atoms with E-state index in [0.717, 1.165) is 16.7 Å². The molecule has 1 heterocycles. The summed E-state index contributed by atoms with van der Waals surface area (Å²) in [5, 5.41) is 13.4. The predicted molar refractivity (Wildman–Crippen MR) is 34.2 cm³/mol. The average molecular weight is 159 g/mol. The van der Waals surface area contributed by atoms with Crippen molar-refractivity contribution in [2.24, 2.45) is 5.18 Å². The molecule has 0 fully saturated rings. The highest BCUT2D eigenvalue weighted by atomic mass is 32.1. The molecule has 0 bridgehead atoms. The lowest BCUT2D eigenvalue weighted by molar-refractivity contribution is -0.389. The summed E-state index contributed by atoms with van der Waals surface area (Å²) in [6.45, 7) is 0. The van der Waals surface area contributed by atoms with E-state index in [2.05, 4.69) is 10.2 Å². The van der Waals surface area contributed by atoms with Crippen LogP contribution >= 0.6 is 11.3 Å². The van der Waals surface area contributed by atoms with E-state index in [-0.39, 0.29) is 10.9 Å². The van der Waals surface area contributed by atoms with Crippen molar-refractivity contribution in [3.05, 3.63) is 20.4 Å². The van der Waals surface area contributed by atoms with Gasteiger partial charge in [0.05, 0.1) is 5.38 Å². The van der Waals surface area contributed by atoms with Gasteiger partial charge in [0.15, 0.2) is 0 Å². The van der Waals surface area contributed by atoms with E-state index in [1.54, 1.807) is 0 Å². The first kappa shape index (κ1) is 6.75. The highest BCUT2D eigenvalue weighted by Gasteiger charge is 2.12. The number of nitrogens with zero attached hydrogens (tertiary/aromatic N) is 3. The molecule has 0 saturated heterocycles. The molecular weight excluding hydrogens is 158 g/mol. The van der Waals surface area contributed by atoms with Gasteiger partial charge in [-0.15, -0.1) is 4.91 Å². The Labute approximate surface area is 58.6 Å². The minimum Gasteiger partial charge on any atom is -0.358 e. The van der Waals surface area contributed by atoms with Crippen LogP contribution < -0.4 is 0 Å². The Morgan fingerprint density at radius 1 is 1.80 bits per heavy atom. The molecule has 0 aliphatic rings. The van der Waals surface area contributed by atoms with E-state index in [1.165, 1.54) is 0 Å². The summed E-state index contributed by atoms with van der Waals surface area (Å²) < 4.78 is 0. The number of nitroso groups, excluding NO2 is 1. The zero-order valence-electron chi connectivity index (χ0n) is 4.55. The van der Waals surface area contributed by atoms with Crippen LogP contribution in [0.4, 0.5) is 10.9 Å². The number of nitro groups is 1. The lowest BCUT2D eigenvalue weighted by Gasteiger charge is -1.81. The van der Waals surface area contributed by atoms with Crippen molar-refractivity contribution in [3.8, 4) is 0 Å². The zero-order chi connectivity index (χ0) is 7.56. The molecule has 1 aromatic heterocycles. The first-order valence-corrected chi connectivity index (χ1v) is 3.05. The third kappa shape index (κ3) is 1.13. The Morgan fingerprint density at radius 3 is 2.80 bits per heavy atom. The third-order valence-electron chi connectivity index (χ3n) is 0.745. The fourth-order valence-corrected chi connectivity index (χ4v) is 0.921. The maximum absolute atomic E-state index is 9.94. The molecule has 0 atom stereocenters. The van der Waals surface area contributed by atoms with Crippen LogP contribution in [0.25, 0.3) is 0 Å². The number of hydrogen-bond acceptors (Lipinski definition) is 6. The van der Waals surface area contributed by atoms with Crippen LogP contribution in [-0.4, -0.2) is 9.91 Å². The van der Waals surface area contributed by atoms with E-state index in [0.29, 0.717) is 0 Å². The fraction of sp³-hybridized carbons (Fsp3) is 0. The smallest absolute Gasteiger partial charge is 0.358 e. The Morgan fingerprint density at radius 2 is 2.50 bits per heavy atom. The Bertz CT molecular complexity index is 270. The van der Waals surface area contributed by atoms with Crippen molar-refractivity contribution in [1.29, 1.82) is 0 Å². The molecular formula is C3HN3O3S. The molecule has 7 heteroatoms. The highest BCUT2D eigenvalue weighted by Crippen LogP contribution is 2.22. The number of aromatic nitrogens is 1. The zero-order valence-corrected chi connectivity index (χ0v) is 5.37. The molecule has 0 amide bonds. The molecule has 52 valence electrons. The van der Waals surface area contributed by atoms with Crippen molar-refractivity contribution in [1.82, 2.24) is 4.98 Å². The second-order valence-corrected chi connectivity index (χ2v) is 2.17. The van der Waals surface area contributed by atoms with Crippen molar-refractivity contribution < 1.29 is 4.92 Å². The molecule has 0 unspecified atom stereocenters. The summed E-state index contributed by atoms with van der Waals surface area (Å²) in [6, 6.07) is 0. The van der Waals surface area contributed by atoms with Crippen molar-refractivity contribution in [3.63, 3.8) is 0 Å². The van der Waals surface area contributed by atoms with Gasteiger partial charge in [-0.05, 0) is 9.91 Å². The normalized spacial score (nSPS) is 9.20. The fourth-order valence-electron chi connectivity index (χ4n) is 0.382. The van der Waals surface area contributed by atoms with E-state index >= 15 is 0 Å².